The van der Waals surface area contributed by atoms with Crippen molar-refractivity contribution < 1.29 is 24.6 Å². The number of amides is 1. The van der Waals surface area contributed by atoms with Crippen molar-refractivity contribution in [2.75, 3.05) is 0 Å². The minimum absolute atomic E-state index is 0.143. The molecule has 2 aromatic heterocycles. The summed E-state index contributed by atoms with van der Waals surface area (Å²) in [6, 6.07) is 8.19. The Morgan fingerprint density at radius 3 is 2.43 bits per heavy atom. The van der Waals surface area contributed by atoms with E-state index in [-0.39, 0.29) is 6.42 Å². The Balaban J connectivity index is 2.02. The summed E-state index contributed by atoms with van der Waals surface area (Å²) in [5.74, 6) is -3.28. The number of nitrogens with one attached hydrogen (secondary N) is 1. The second-order valence-corrected chi connectivity index (χ2v) is 7.32. The number of hydrogen-bond donors (Lipinski definition) is 3. The SMILES string of the molecule is Cc1ccc(-c2nc3c(C)cccn3c2CC(=O)NC(CC(=O)O)C(=O)O)cc1C. The molecule has 0 spiro atoms. The minimum Gasteiger partial charge on any atom is -0.481 e. The smallest absolute Gasteiger partial charge is 0.326 e. The predicted octanol–water partition coefficient (Wildman–Crippen LogP) is 2.51. The van der Waals surface area contributed by atoms with Gasteiger partial charge in [0.05, 0.1) is 24.2 Å². The standard InChI is InChI=1S/C22H23N3O5/c1-12-6-7-15(9-14(12)3)20-17(25-8-4-5-13(2)21(25)24-20)11-18(26)23-16(22(29)30)10-19(27)28/h4-9,16H,10-11H2,1-3H3,(H,23,26)(H,27,28)(H,29,30). The number of aromatic nitrogens is 2. The molecule has 3 rings (SSSR count). The Morgan fingerprint density at radius 2 is 1.80 bits per heavy atom. The molecule has 1 amide bonds. The highest BCUT2D eigenvalue weighted by atomic mass is 16.4. The van der Waals surface area contributed by atoms with Gasteiger partial charge < -0.3 is 19.9 Å². The van der Waals surface area contributed by atoms with E-state index >= 15 is 0 Å². The number of fused-ring (bicyclic) bond motifs is 1. The molecular formula is C22H23N3O5. The molecule has 0 radical (unpaired) electrons. The van der Waals surface area contributed by atoms with Gasteiger partial charge in [-0.15, -0.1) is 0 Å². The molecule has 1 aromatic carbocycles. The summed E-state index contributed by atoms with van der Waals surface area (Å²) in [5, 5.41) is 20.4. The first kappa shape index (κ1) is 21.0. The summed E-state index contributed by atoms with van der Waals surface area (Å²) in [4.78, 5) is 39.6. The summed E-state index contributed by atoms with van der Waals surface area (Å²) in [5.41, 5.74) is 5.95. The molecule has 2 heterocycles. The maximum Gasteiger partial charge on any atom is 0.326 e. The highest BCUT2D eigenvalue weighted by Crippen LogP contribution is 2.28. The number of carboxylic acids is 2. The highest BCUT2D eigenvalue weighted by molar-refractivity contribution is 5.88. The fourth-order valence-electron chi connectivity index (χ4n) is 3.31. The largest absolute Gasteiger partial charge is 0.481 e. The van der Waals surface area contributed by atoms with Crippen molar-refractivity contribution in [3.63, 3.8) is 0 Å². The first-order valence-corrected chi connectivity index (χ1v) is 9.45. The van der Waals surface area contributed by atoms with E-state index in [0.717, 1.165) is 22.3 Å². The van der Waals surface area contributed by atoms with Gasteiger partial charge in [-0.25, -0.2) is 9.78 Å². The average molecular weight is 409 g/mol. The van der Waals surface area contributed by atoms with E-state index in [1.54, 1.807) is 6.20 Å². The van der Waals surface area contributed by atoms with Gasteiger partial charge in [-0.2, -0.15) is 0 Å². The van der Waals surface area contributed by atoms with Crippen LogP contribution in [0.1, 0.15) is 28.8 Å². The number of imidazole rings is 1. The lowest BCUT2D eigenvalue weighted by Gasteiger charge is -2.13. The molecule has 3 N–H and O–H groups in total. The molecule has 1 atom stereocenters. The van der Waals surface area contributed by atoms with Crippen LogP contribution in [0.25, 0.3) is 16.9 Å². The highest BCUT2D eigenvalue weighted by Gasteiger charge is 2.25. The van der Waals surface area contributed by atoms with Gasteiger partial charge in [-0.05, 0) is 49.6 Å². The van der Waals surface area contributed by atoms with Gasteiger partial charge in [0, 0.05) is 11.8 Å². The van der Waals surface area contributed by atoms with Gasteiger partial charge in [0.1, 0.15) is 11.7 Å². The zero-order chi connectivity index (χ0) is 22.0. The Bertz CT molecular complexity index is 1150. The molecule has 0 aliphatic carbocycles. The lowest BCUT2D eigenvalue weighted by Crippen LogP contribution is -2.43. The van der Waals surface area contributed by atoms with Crippen molar-refractivity contribution in [2.45, 2.75) is 39.7 Å². The third-order valence-corrected chi connectivity index (χ3v) is 5.06. The normalized spacial score (nSPS) is 12.0. The van der Waals surface area contributed by atoms with Crippen molar-refractivity contribution in [2.24, 2.45) is 0 Å². The zero-order valence-corrected chi connectivity index (χ0v) is 17.0. The number of hydrogen-bond acceptors (Lipinski definition) is 4. The number of aryl methyl sites for hydroxylation is 3. The third-order valence-electron chi connectivity index (χ3n) is 5.06. The molecule has 0 aliphatic rings. The van der Waals surface area contributed by atoms with Crippen LogP contribution in [-0.2, 0) is 20.8 Å². The van der Waals surface area contributed by atoms with E-state index in [2.05, 4.69) is 5.32 Å². The number of aliphatic carboxylic acids is 2. The number of rotatable bonds is 7. The Morgan fingerprint density at radius 1 is 1.07 bits per heavy atom. The molecule has 8 nitrogen and oxygen atoms in total. The van der Waals surface area contributed by atoms with Gasteiger partial charge in [0.25, 0.3) is 0 Å². The van der Waals surface area contributed by atoms with Crippen molar-refractivity contribution in [3.05, 3.63) is 58.9 Å². The van der Waals surface area contributed by atoms with E-state index in [1.807, 2.05) is 55.5 Å². The molecule has 0 saturated carbocycles. The Labute approximate surface area is 173 Å². The molecule has 8 heteroatoms. The Hall–Kier alpha value is -3.68. The molecular weight excluding hydrogens is 386 g/mol. The number of pyridine rings is 1. The second-order valence-electron chi connectivity index (χ2n) is 7.32. The summed E-state index contributed by atoms with van der Waals surface area (Å²) < 4.78 is 1.81. The summed E-state index contributed by atoms with van der Waals surface area (Å²) in [6.45, 7) is 5.93. The number of nitrogens with zero attached hydrogens (tertiary/aromatic N) is 2. The number of carboxylic acid groups (broad SMARTS) is 2. The first-order valence-electron chi connectivity index (χ1n) is 9.45. The van der Waals surface area contributed by atoms with Crippen LogP contribution in [0.4, 0.5) is 0 Å². The minimum atomic E-state index is -1.50. The van der Waals surface area contributed by atoms with Crippen molar-refractivity contribution in [1.29, 1.82) is 0 Å². The number of carbonyl (C=O) groups excluding carboxylic acids is 1. The molecule has 0 fully saturated rings. The number of benzene rings is 1. The summed E-state index contributed by atoms with van der Waals surface area (Å²) in [6.07, 6.45) is 0.960. The maximum absolute atomic E-state index is 12.6. The average Bonchev–Trinajstić information content (AvgIpc) is 3.03. The van der Waals surface area contributed by atoms with Crippen LogP contribution < -0.4 is 5.32 Å². The van der Waals surface area contributed by atoms with E-state index in [0.29, 0.717) is 17.0 Å². The molecule has 0 aliphatic heterocycles. The van der Waals surface area contributed by atoms with Crippen molar-refractivity contribution in [1.82, 2.24) is 14.7 Å². The maximum atomic E-state index is 12.6. The zero-order valence-electron chi connectivity index (χ0n) is 17.0. The molecule has 1 unspecified atom stereocenters. The fourth-order valence-corrected chi connectivity index (χ4v) is 3.31. The van der Waals surface area contributed by atoms with E-state index < -0.39 is 30.3 Å². The van der Waals surface area contributed by atoms with E-state index in [1.165, 1.54) is 0 Å². The van der Waals surface area contributed by atoms with Crippen LogP contribution >= 0.6 is 0 Å². The topological polar surface area (TPSA) is 121 Å². The van der Waals surface area contributed by atoms with Gasteiger partial charge in [-0.1, -0.05) is 18.2 Å². The lowest BCUT2D eigenvalue weighted by atomic mass is 10.0. The molecule has 30 heavy (non-hydrogen) atoms. The summed E-state index contributed by atoms with van der Waals surface area (Å²) >= 11 is 0. The number of carbonyl (C=O) groups is 3. The van der Waals surface area contributed by atoms with E-state index in [4.69, 9.17) is 10.1 Å². The third kappa shape index (κ3) is 4.32. The van der Waals surface area contributed by atoms with Gasteiger partial charge in [0.2, 0.25) is 5.91 Å². The molecule has 3 aromatic rings. The summed E-state index contributed by atoms with van der Waals surface area (Å²) in [7, 11) is 0. The molecule has 0 saturated heterocycles. The Kier molecular flexibility index (Phi) is 5.86. The van der Waals surface area contributed by atoms with E-state index in [9.17, 15) is 19.5 Å². The van der Waals surface area contributed by atoms with Crippen molar-refractivity contribution >= 4 is 23.5 Å². The fraction of sp³-hybridized carbons (Fsp3) is 0.273. The van der Waals surface area contributed by atoms with Crippen LogP contribution in [0.2, 0.25) is 0 Å². The second kappa shape index (κ2) is 8.36. The predicted molar refractivity (Wildman–Crippen MR) is 110 cm³/mol. The van der Waals surface area contributed by atoms with Crippen LogP contribution in [0.5, 0.6) is 0 Å². The molecule has 156 valence electrons. The monoisotopic (exact) mass is 409 g/mol. The van der Waals surface area contributed by atoms with Crippen LogP contribution in [0.15, 0.2) is 36.5 Å². The van der Waals surface area contributed by atoms with Gasteiger partial charge >= 0.3 is 11.9 Å². The van der Waals surface area contributed by atoms with Crippen LogP contribution in [0, 0.1) is 20.8 Å². The molecule has 0 bridgehead atoms. The lowest BCUT2D eigenvalue weighted by molar-refractivity contribution is -0.147. The van der Waals surface area contributed by atoms with Crippen LogP contribution in [-0.4, -0.2) is 43.5 Å². The van der Waals surface area contributed by atoms with Gasteiger partial charge in [0.15, 0.2) is 0 Å². The first-order chi connectivity index (χ1) is 14.2. The quantitative estimate of drug-likeness (QED) is 0.551. The van der Waals surface area contributed by atoms with Crippen LogP contribution in [0.3, 0.4) is 0 Å². The van der Waals surface area contributed by atoms with Crippen molar-refractivity contribution in [3.8, 4) is 11.3 Å². The van der Waals surface area contributed by atoms with Gasteiger partial charge in [-0.3, -0.25) is 9.59 Å².